The molecule has 0 radical (unpaired) electrons. The lowest BCUT2D eigenvalue weighted by Crippen LogP contribution is -2.30. The van der Waals surface area contributed by atoms with E-state index in [1.54, 1.807) is 12.1 Å². The van der Waals surface area contributed by atoms with Gasteiger partial charge in [0.1, 0.15) is 11.9 Å². The number of anilines is 1. The third-order valence-electron chi connectivity index (χ3n) is 3.65. The molecular formula is C15H19ClN4O. The minimum absolute atomic E-state index is 0.116. The van der Waals surface area contributed by atoms with Crippen LogP contribution in [-0.4, -0.2) is 24.0 Å². The Kier molecular flexibility index (Phi) is 5.82. The molecule has 1 aliphatic carbocycles. The van der Waals surface area contributed by atoms with Crippen molar-refractivity contribution in [2.45, 2.75) is 32.1 Å². The van der Waals surface area contributed by atoms with Gasteiger partial charge in [-0.05, 0) is 30.9 Å². The monoisotopic (exact) mass is 306 g/mol. The molecule has 1 amide bonds. The van der Waals surface area contributed by atoms with Gasteiger partial charge in [-0.1, -0.05) is 24.4 Å². The number of halogens is 1. The molecule has 0 spiro atoms. The highest BCUT2D eigenvalue weighted by molar-refractivity contribution is 6.31. The van der Waals surface area contributed by atoms with Gasteiger partial charge in [0.25, 0.3) is 0 Å². The Morgan fingerprint density at radius 3 is 2.86 bits per heavy atom. The summed E-state index contributed by atoms with van der Waals surface area (Å²) in [6.07, 6.45) is 5.50. The van der Waals surface area contributed by atoms with Gasteiger partial charge in [0, 0.05) is 19.5 Å². The summed E-state index contributed by atoms with van der Waals surface area (Å²) in [4.78, 5) is 15.8. The first-order valence-electron chi connectivity index (χ1n) is 7.26. The zero-order valence-electron chi connectivity index (χ0n) is 11.9. The van der Waals surface area contributed by atoms with Crippen molar-refractivity contribution in [1.82, 2.24) is 10.3 Å². The summed E-state index contributed by atoms with van der Waals surface area (Å²) in [7, 11) is 0. The average molecular weight is 307 g/mol. The molecule has 1 aliphatic rings. The molecule has 21 heavy (non-hydrogen) atoms. The predicted octanol–water partition coefficient (Wildman–Crippen LogP) is 2.72. The zero-order chi connectivity index (χ0) is 15.1. The number of hydrogen-bond donors (Lipinski definition) is 2. The van der Waals surface area contributed by atoms with E-state index in [-0.39, 0.29) is 11.6 Å². The number of nitriles is 1. The first kappa shape index (κ1) is 15.6. The fourth-order valence-electron chi connectivity index (χ4n) is 2.56. The lowest BCUT2D eigenvalue weighted by Gasteiger charge is -2.10. The molecular weight excluding hydrogens is 288 g/mol. The van der Waals surface area contributed by atoms with E-state index in [1.165, 1.54) is 25.7 Å². The molecule has 0 aliphatic heterocycles. The van der Waals surface area contributed by atoms with Crippen LogP contribution in [0.15, 0.2) is 12.1 Å². The highest BCUT2D eigenvalue weighted by Crippen LogP contribution is 2.27. The molecule has 1 heterocycles. The topological polar surface area (TPSA) is 77.8 Å². The van der Waals surface area contributed by atoms with Gasteiger partial charge in [0.05, 0.1) is 5.02 Å². The second-order valence-electron chi connectivity index (χ2n) is 5.27. The van der Waals surface area contributed by atoms with E-state index in [1.807, 2.05) is 6.07 Å². The standard InChI is InChI=1S/C15H19ClN4O/c16-12-5-6-14(20-13(12)10-17)18-7-8-19-15(21)9-11-3-1-2-4-11/h5-6,11H,1-4,7-9H2,(H,18,20)(H,19,21). The quantitative estimate of drug-likeness (QED) is 0.792. The summed E-state index contributed by atoms with van der Waals surface area (Å²) in [5.41, 5.74) is 0.201. The number of hydrogen-bond acceptors (Lipinski definition) is 4. The van der Waals surface area contributed by atoms with Crippen molar-refractivity contribution in [2.75, 3.05) is 18.4 Å². The Bertz CT molecular complexity index is 535. The fourth-order valence-corrected chi connectivity index (χ4v) is 2.71. The minimum Gasteiger partial charge on any atom is -0.368 e. The molecule has 112 valence electrons. The lowest BCUT2D eigenvalue weighted by molar-refractivity contribution is -0.121. The number of pyridine rings is 1. The Labute approximate surface area is 129 Å². The molecule has 1 aromatic rings. The highest BCUT2D eigenvalue weighted by atomic mass is 35.5. The molecule has 1 saturated carbocycles. The van der Waals surface area contributed by atoms with Crippen molar-refractivity contribution in [3.63, 3.8) is 0 Å². The smallest absolute Gasteiger partial charge is 0.220 e. The average Bonchev–Trinajstić information content (AvgIpc) is 2.98. The molecule has 1 aromatic heterocycles. The number of carbonyl (C=O) groups is 1. The third kappa shape index (κ3) is 4.91. The number of nitrogens with zero attached hydrogens (tertiary/aromatic N) is 2. The summed E-state index contributed by atoms with van der Waals surface area (Å²) >= 11 is 5.81. The molecule has 0 atom stereocenters. The molecule has 0 bridgehead atoms. The number of nitrogens with one attached hydrogen (secondary N) is 2. The van der Waals surface area contributed by atoms with Gasteiger partial charge < -0.3 is 10.6 Å². The zero-order valence-corrected chi connectivity index (χ0v) is 12.6. The van der Waals surface area contributed by atoms with Crippen LogP contribution in [0.5, 0.6) is 0 Å². The number of amides is 1. The summed E-state index contributed by atoms with van der Waals surface area (Å²) in [6, 6.07) is 5.28. The molecule has 0 unspecified atom stereocenters. The second-order valence-corrected chi connectivity index (χ2v) is 5.68. The Balaban J connectivity index is 1.67. The Morgan fingerprint density at radius 2 is 2.14 bits per heavy atom. The Morgan fingerprint density at radius 1 is 1.38 bits per heavy atom. The molecule has 0 saturated heterocycles. The van der Waals surface area contributed by atoms with Gasteiger partial charge >= 0.3 is 0 Å². The van der Waals surface area contributed by atoms with Crippen molar-refractivity contribution in [3.05, 3.63) is 22.8 Å². The lowest BCUT2D eigenvalue weighted by atomic mass is 10.0. The van der Waals surface area contributed by atoms with Gasteiger partial charge in [-0.3, -0.25) is 4.79 Å². The maximum atomic E-state index is 11.7. The first-order valence-corrected chi connectivity index (χ1v) is 7.64. The summed E-state index contributed by atoms with van der Waals surface area (Å²) in [6.45, 7) is 1.10. The largest absolute Gasteiger partial charge is 0.368 e. The van der Waals surface area contributed by atoms with Crippen molar-refractivity contribution < 1.29 is 4.79 Å². The predicted molar refractivity (Wildman–Crippen MR) is 82.0 cm³/mol. The first-order chi connectivity index (χ1) is 10.2. The van der Waals surface area contributed by atoms with Gasteiger partial charge in [0.15, 0.2) is 5.69 Å². The number of carbonyl (C=O) groups excluding carboxylic acids is 1. The van der Waals surface area contributed by atoms with Crippen LogP contribution in [-0.2, 0) is 4.79 Å². The summed E-state index contributed by atoms with van der Waals surface area (Å²) in [5, 5.41) is 15.1. The summed E-state index contributed by atoms with van der Waals surface area (Å²) in [5.74, 6) is 1.26. The third-order valence-corrected chi connectivity index (χ3v) is 3.96. The van der Waals surface area contributed by atoms with E-state index in [4.69, 9.17) is 16.9 Å². The van der Waals surface area contributed by atoms with Crippen LogP contribution in [0, 0.1) is 17.2 Å². The molecule has 0 aromatic carbocycles. The van der Waals surface area contributed by atoms with Crippen LogP contribution in [0.4, 0.5) is 5.82 Å². The van der Waals surface area contributed by atoms with Gasteiger partial charge in [-0.25, -0.2) is 4.98 Å². The second kappa shape index (κ2) is 7.84. The van der Waals surface area contributed by atoms with Crippen LogP contribution in [0.2, 0.25) is 5.02 Å². The molecule has 2 N–H and O–H groups in total. The van der Waals surface area contributed by atoms with Crippen molar-refractivity contribution in [1.29, 1.82) is 5.26 Å². The van der Waals surface area contributed by atoms with Crippen LogP contribution in [0.3, 0.4) is 0 Å². The van der Waals surface area contributed by atoms with Crippen molar-refractivity contribution in [3.8, 4) is 6.07 Å². The molecule has 6 heteroatoms. The van der Waals surface area contributed by atoms with Gasteiger partial charge in [-0.15, -0.1) is 0 Å². The van der Waals surface area contributed by atoms with E-state index in [2.05, 4.69) is 15.6 Å². The summed E-state index contributed by atoms with van der Waals surface area (Å²) < 4.78 is 0. The van der Waals surface area contributed by atoms with Gasteiger partial charge in [-0.2, -0.15) is 5.26 Å². The minimum atomic E-state index is 0.116. The van der Waals surface area contributed by atoms with E-state index in [9.17, 15) is 4.79 Å². The maximum absolute atomic E-state index is 11.7. The number of aromatic nitrogens is 1. The van der Waals surface area contributed by atoms with E-state index < -0.39 is 0 Å². The SMILES string of the molecule is N#Cc1nc(NCCNC(=O)CC2CCCC2)ccc1Cl. The van der Waals surface area contributed by atoms with Crippen molar-refractivity contribution in [2.24, 2.45) is 5.92 Å². The number of rotatable bonds is 6. The fraction of sp³-hybridized carbons (Fsp3) is 0.533. The van der Waals surface area contributed by atoms with Crippen LogP contribution < -0.4 is 10.6 Å². The van der Waals surface area contributed by atoms with E-state index >= 15 is 0 Å². The maximum Gasteiger partial charge on any atom is 0.220 e. The molecule has 5 nitrogen and oxygen atoms in total. The van der Waals surface area contributed by atoms with E-state index in [0.29, 0.717) is 36.3 Å². The van der Waals surface area contributed by atoms with Gasteiger partial charge in [0.2, 0.25) is 5.91 Å². The van der Waals surface area contributed by atoms with Crippen LogP contribution in [0.1, 0.15) is 37.8 Å². The molecule has 2 rings (SSSR count). The Hall–Kier alpha value is -1.80. The molecule has 1 fully saturated rings. The normalized spacial score (nSPS) is 14.7. The van der Waals surface area contributed by atoms with Crippen LogP contribution in [0.25, 0.3) is 0 Å². The van der Waals surface area contributed by atoms with Crippen LogP contribution >= 0.6 is 11.6 Å². The van der Waals surface area contributed by atoms with E-state index in [0.717, 1.165) is 0 Å². The highest BCUT2D eigenvalue weighted by Gasteiger charge is 2.17. The van der Waals surface area contributed by atoms with Crippen molar-refractivity contribution >= 4 is 23.3 Å².